The number of amides is 2. The van der Waals surface area contributed by atoms with Crippen LogP contribution in [0.5, 0.6) is 11.5 Å². The summed E-state index contributed by atoms with van der Waals surface area (Å²) in [5, 5.41) is 3.00. The predicted octanol–water partition coefficient (Wildman–Crippen LogP) is 4.41. The maximum absolute atomic E-state index is 13.3. The summed E-state index contributed by atoms with van der Waals surface area (Å²) in [6.45, 7) is 11.9. The van der Waals surface area contributed by atoms with Gasteiger partial charge in [0.15, 0.2) is 6.61 Å². The fraction of sp³-hybridized carbons (Fsp3) is 0.462. The van der Waals surface area contributed by atoms with Crippen LogP contribution in [-0.4, -0.2) is 42.0 Å². The van der Waals surface area contributed by atoms with Crippen molar-refractivity contribution >= 4 is 11.8 Å². The van der Waals surface area contributed by atoms with Gasteiger partial charge in [-0.2, -0.15) is 0 Å². The van der Waals surface area contributed by atoms with Gasteiger partial charge in [-0.3, -0.25) is 9.59 Å². The van der Waals surface area contributed by atoms with Gasteiger partial charge in [-0.25, -0.2) is 0 Å². The normalized spacial score (nSPS) is 12.1. The van der Waals surface area contributed by atoms with E-state index in [1.165, 1.54) is 0 Å². The van der Waals surface area contributed by atoms with E-state index in [2.05, 4.69) is 5.32 Å². The molecule has 0 saturated carbocycles. The second-order valence-corrected chi connectivity index (χ2v) is 9.07. The Morgan fingerprint density at radius 1 is 1.00 bits per heavy atom. The van der Waals surface area contributed by atoms with Crippen LogP contribution in [0.25, 0.3) is 0 Å². The molecular formula is C26H36N2O4. The molecule has 0 heterocycles. The zero-order valence-corrected chi connectivity index (χ0v) is 20.3. The Hall–Kier alpha value is -3.02. The quantitative estimate of drug-likeness (QED) is 0.627. The van der Waals surface area contributed by atoms with Crippen molar-refractivity contribution in [1.29, 1.82) is 0 Å². The average molecular weight is 441 g/mol. The van der Waals surface area contributed by atoms with E-state index in [0.29, 0.717) is 18.7 Å². The zero-order chi connectivity index (χ0) is 23.9. The Labute approximate surface area is 191 Å². The topological polar surface area (TPSA) is 67.9 Å². The fourth-order valence-electron chi connectivity index (χ4n) is 3.33. The summed E-state index contributed by atoms with van der Waals surface area (Å²) >= 11 is 0. The summed E-state index contributed by atoms with van der Waals surface area (Å²) in [5.74, 6) is 0.961. The van der Waals surface area contributed by atoms with Gasteiger partial charge in [-0.1, -0.05) is 25.1 Å². The van der Waals surface area contributed by atoms with E-state index in [1.807, 2.05) is 84.0 Å². The van der Waals surface area contributed by atoms with Crippen molar-refractivity contribution in [1.82, 2.24) is 10.2 Å². The van der Waals surface area contributed by atoms with Gasteiger partial charge >= 0.3 is 0 Å². The van der Waals surface area contributed by atoms with Crippen LogP contribution in [0.4, 0.5) is 0 Å². The summed E-state index contributed by atoms with van der Waals surface area (Å²) < 4.78 is 11.0. The van der Waals surface area contributed by atoms with Crippen molar-refractivity contribution in [3.8, 4) is 11.5 Å². The molecule has 0 fully saturated rings. The molecule has 0 spiro atoms. The maximum atomic E-state index is 13.3. The van der Waals surface area contributed by atoms with E-state index in [1.54, 1.807) is 12.0 Å². The fourth-order valence-corrected chi connectivity index (χ4v) is 3.33. The lowest BCUT2D eigenvalue weighted by Gasteiger charge is -2.33. The van der Waals surface area contributed by atoms with Crippen LogP contribution in [0, 0.1) is 13.8 Å². The van der Waals surface area contributed by atoms with Crippen molar-refractivity contribution in [3.63, 3.8) is 0 Å². The highest BCUT2D eigenvalue weighted by molar-refractivity contribution is 5.88. The van der Waals surface area contributed by atoms with E-state index in [9.17, 15) is 9.59 Å². The average Bonchev–Trinajstić information content (AvgIpc) is 2.73. The highest BCUT2D eigenvalue weighted by atomic mass is 16.5. The number of benzene rings is 2. The molecular weight excluding hydrogens is 404 g/mol. The van der Waals surface area contributed by atoms with Gasteiger partial charge in [0.1, 0.15) is 17.5 Å². The summed E-state index contributed by atoms with van der Waals surface area (Å²) in [7, 11) is 1.61. The van der Waals surface area contributed by atoms with E-state index >= 15 is 0 Å². The van der Waals surface area contributed by atoms with E-state index in [0.717, 1.165) is 22.4 Å². The number of aryl methyl sites for hydroxylation is 2. The van der Waals surface area contributed by atoms with Crippen molar-refractivity contribution in [2.24, 2.45) is 0 Å². The van der Waals surface area contributed by atoms with Crippen molar-refractivity contribution in [2.45, 2.75) is 66.1 Å². The van der Waals surface area contributed by atoms with Crippen LogP contribution >= 0.6 is 0 Å². The van der Waals surface area contributed by atoms with Gasteiger partial charge in [-0.05, 0) is 82.0 Å². The first kappa shape index (κ1) is 25.2. The van der Waals surface area contributed by atoms with Gasteiger partial charge in [0, 0.05) is 12.1 Å². The van der Waals surface area contributed by atoms with Gasteiger partial charge < -0.3 is 19.7 Å². The van der Waals surface area contributed by atoms with Crippen LogP contribution in [0.3, 0.4) is 0 Å². The second-order valence-electron chi connectivity index (χ2n) is 9.07. The molecule has 0 aliphatic carbocycles. The van der Waals surface area contributed by atoms with Gasteiger partial charge in [0.2, 0.25) is 5.91 Å². The first-order chi connectivity index (χ1) is 15.0. The first-order valence-corrected chi connectivity index (χ1v) is 11.0. The molecule has 2 amide bonds. The standard InChI is InChI=1S/C26H36N2O4/c1-8-23(25(30)27-26(4,5)6)28(16-20-10-13-21(31-7)14-11-20)24(29)17-32-22-12-9-18(2)19(3)15-22/h9-15,23H,8,16-17H2,1-7H3,(H,27,30)/t23-/m1/s1. The molecule has 1 N–H and O–H groups in total. The highest BCUT2D eigenvalue weighted by Crippen LogP contribution is 2.19. The van der Waals surface area contributed by atoms with E-state index in [4.69, 9.17) is 9.47 Å². The molecule has 32 heavy (non-hydrogen) atoms. The van der Waals surface area contributed by atoms with Crippen molar-refractivity contribution in [3.05, 3.63) is 59.2 Å². The Bertz CT molecular complexity index is 916. The number of nitrogens with one attached hydrogen (secondary N) is 1. The summed E-state index contributed by atoms with van der Waals surface area (Å²) in [5.41, 5.74) is 2.78. The number of nitrogens with zero attached hydrogens (tertiary/aromatic N) is 1. The third kappa shape index (κ3) is 7.29. The highest BCUT2D eigenvalue weighted by Gasteiger charge is 2.30. The van der Waals surface area contributed by atoms with Gasteiger partial charge in [-0.15, -0.1) is 0 Å². The molecule has 0 radical (unpaired) electrons. The van der Waals surface area contributed by atoms with Crippen LogP contribution in [0.15, 0.2) is 42.5 Å². The number of ether oxygens (including phenoxy) is 2. The third-order valence-corrected chi connectivity index (χ3v) is 5.24. The minimum atomic E-state index is -0.604. The monoisotopic (exact) mass is 440 g/mol. The molecule has 6 heteroatoms. The van der Waals surface area contributed by atoms with Crippen molar-refractivity contribution < 1.29 is 19.1 Å². The smallest absolute Gasteiger partial charge is 0.261 e. The number of hydrogen-bond donors (Lipinski definition) is 1. The van der Waals surface area contributed by atoms with E-state index < -0.39 is 11.6 Å². The summed E-state index contributed by atoms with van der Waals surface area (Å²) in [6.07, 6.45) is 0.493. The van der Waals surface area contributed by atoms with E-state index in [-0.39, 0.29) is 18.4 Å². The van der Waals surface area contributed by atoms with Crippen molar-refractivity contribution in [2.75, 3.05) is 13.7 Å². The maximum Gasteiger partial charge on any atom is 0.261 e. The Morgan fingerprint density at radius 2 is 1.62 bits per heavy atom. The lowest BCUT2D eigenvalue weighted by atomic mass is 10.1. The number of rotatable bonds is 9. The van der Waals surface area contributed by atoms with Crippen LogP contribution in [-0.2, 0) is 16.1 Å². The number of methoxy groups -OCH3 is 1. The molecule has 2 aromatic carbocycles. The van der Waals surface area contributed by atoms with Gasteiger partial charge in [0.25, 0.3) is 5.91 Å². The Balaban J connectivity index is 2.24. The van der Waals surface area contributed by atoms with Crippen LogP contribution in [0.1, 0.15) is 50.8 Å². The third-order valence-electron chi connectivity index (χ3n) is 5.24. The zero-order valence-electron chi connectivity index (χ0n) is 20.3. The number of carbonyl (C=O) groups excluding carboxylic acids is 2. The molecule has 2 aromatic rings. The first-order valence-electron chi connectivity index (χ1n) is 11.0. The SMILES string of the molecule is CC[C@H](C(=O)NC(C)(C)C)N(Cc1ccc(OC)cc1)C(=O)COc1ccc(C)c(C)c1. The second kappa shape index (κ2) is 11.0. The molecule has 174 valence electrons. The largest absolute Gasteiger partial charge is 0.497 e. The van der Waals surface area contributed by atoms with Gasteiger partial charge in [0.05, 0.1) is 7.11 Å². The molecule has 0 saturated heterocycles. The Kier molecular flexibility index (Phi) is 8.70. The molecule has 0 aromatic heterocycles. The van der Waals surface area contributed by atoms with Crippen LogP contribution < -0.4 is 14.8 Å². The molecule has 6 nitrogen and oxygen atoms in total. The molecule has 0 aliphatic rings. The summed E-state index contributed by atoms with van der Waals surface area (Å²) in [4.78, 5) is 27.9. The predicted molar refractivity (Wildman–Crippen MR) is 127 cm³/mol. The minimum absolute atomic E-state index is 0.141. The van der Waals surface area contributed by atoms with Crippen LogP contribution in [0.2, 0.25) is 0 Å². The lowest BCUT2D eigenvalue weighted by Crippen LogP contribution is -2.54. The molecule has 1 atom stereocenters. The minimum Gasteiger partial charge on any atom is -0.497 e. The summed E-state index contributed by atoms with van der Waals surface area (Å²) in [6, 6.07) is 12.6. The number of carbonyl (C=O) groups is 2. The molecule has 0 bridgehead atoms. The number of hydrogen-bond acceptors (Lipinski definition) is 4. The molecule has 0 aliphatic heterocycles. The Morgan fingerprint density at radius 3 is 2.16 bits per heavy atom. The molecule has 0 unspecified atom stereocenters. The lowest BCUT2D eigenvalue weighted by molar-refractivity contribution is -0.143. The molecule has 2 rings (SSSR count).